The predicted octanol–water partition coefficient (Wildman–Crippen LogP) is 7.65. The normalized spacial score (nSPS) is 37.7. The molecule has 3 saturated heterocycles. The summed E-state index contributed by atoms with van der Waals surface area (Å²) in [6.07, 6.45) is 13.2. The van der Waals surface area contributed by atoms with Crippen molar-refractivity contribution in [2.24, 2.45) is 35.0 Å². The summed E-state index contributed by atoms with van der Waals surface area (Å²) in [6, 6.07) is 21.7. The lowest BCUT2D eigenvalue weighted by Crippen LogP contribution is -2.68. The standard InChI is InChI=1S/C37H43N2O2/c1-2-29-24-39(23-25-8-4-3-5-9-25)15-13-30(29)19-34(39)35(32-12-14-38-33-11-7-6-10-31(32)33)41-36(40)37-20-26-16-27(21-37)18-28(17-26)22-37/h2-12,14,26-30,34-35H,1,13,15-24H2/q+1/t26?,27?,28?,29?,30?,34-,35+,37?,39?/m1/s1. The molecule has 0 N–H and O–H groups in total. The Kier molecular flexibility index (Phi) is 6.14. The van der Waals surface area contributed by atoms with Crippen molar-refractivity contribution in [1.82, 2.24) is 4.98 Å². The molecular formula is C37H43N2O2+. The van der Waals surface area contributed by atoms with E-state index in [1.165, 1.54) is 31.2 Å². The van der Waals surface area contributed by atoms with Crippen LogP contribution in [0.25, 0.3) is 10.9 Å². The van der Waals surface area contributed by atoms with E-state index in [9.17, 15) is 4.79 Å². The molecule has 4 heterocycles. The second-order valence-corrected chi connectivity index (χ2v) is 14.5. The topological polar surface area (TPSA) is 39.2 Å². The molecule has 5 atom stereocenters. The third kappa shape index (κ3) is 4.28. The number of hydrogen-bond donors (Lipinski definition) is 0. The zero-order valence-electron chi connectivity index (χ0n) is 24.2. The summed E-state index contributed by atoms with van der Waals surface area (Å²) < 4.78 is 8.01. The largest absolute Gasteiger partial charge is 0.451 e. The average Bonchev–Trinajstić information content (AvgIpc) is 2.99. The first-order valence-electron chi connectivity index (χ1n) is 16.1. The van der Waals surface area contributed by atoms with E-state index < -0.39 is 0 Å². The second kappa shape index (κ2) is 9.80. The minimum atomic E-state index is -0.277. The summed E-state index contributed by atoms with van der Waals surface area (Å²) in [6.45, 7) is 7.43. The van der Waals surface area contributed by atoms with Gasteiger partial charge in [0, 0.05) is 41.5 Å². The van der Waals surface area contributed by atoms with Gasteiger partial charge in [0.05, 0.1) is 24.0 Å². The van der Waals surface area contributed by atoms with Crippen LogP contribution in [0.4, 0.5) is 0 Å². The monoisotopic (exact) mass is 547 g/mol. The maximum absolute atomic E-state index is 14.6. The molecule has 3 aromatic rings. The number of esters is 1. The van der Waals surface area contributed by atoms with Crippen LogP contribution < -0.4 is 0 Å². The van der Waals surface area contributed by atoms with E-state index in [4.69, 9.17) is 9.72 Å². The molecule has 7 aliphatic rings. The quantitative estimate of drug-likeness (QED) is 0.173. The van der Waals surface area contributed by atoms with Crippen molar-refractivity contribution in [2.75, 3.05) is 13.1 Å². The zero-order valence-corrected chi connectivity index (χ0v) is 24.2. The maximum Gasteiger partial charge on any atom is 0.312 e. The smallest absolute Gasteiger partial charge is 0.312 e. The summed E-state index contributed by atoms with van der Waals surface area (Å²) in [5.74, 6) is 3.36. The summed E-state index contributed by atoms with van der Waals surface area (Å²) in [4.78, 5) is 19.3. The Labute approximate surface area is 244 Å². The number of quaternary nitrogens is 1. The van der Waals surface area contributed by atoms with Crippen LogP contribution in [0.2, 0.25) is 0 Å². The van der Waals surface area contributed by atoms with E-state index in [0.29, 0.717) is 29.6 Å². The van der Waals surface area contributed by atoms with E-state index >= 15 is 0 Å². The Balaban J connectivity index is 1.22. The van der Waals surface area contributed by atoms with Gasteiger partial charge in [-0.1, -0.05) is 54.6 Å². The van der Waals surface area contributed by atoms with Gasteiger partial charge in [0.1, 0.15) is 12.6 Å². The number of rotatable bonds is 7. The highest BCUT2D eigenvalue weighted by Gasteiger charge is 2.59. The van der Waals surface area contributed by atoms with Gasteiger partial charge < -0.3 is 9.22 Å². The molecule has 212 valence electrons. The number of piperidine rings is 3. The molecule has 4 aliphatic carbocycles. The minimum Gasteiger partial charge on any atom is -0.451 e. The van der Waals surface area contributed by atoms with Gasteiger partial charge in [-0.25, -0.2) is 0 Å². The van der Waals surface area contributed by atoms with Gasteiger partial charge >= 0.3 is 5.97 Å². The Morgan fingerprint density at radius 3 is 2.41 bits per heavy atom. The van der Waals surface area contributed by atoms with Crippen molar-refractivity contribution < 1.29 is 14.0 Å². The fourth-order valence-corrected chi connectivity index (χ4v) is 10.6. The molecule has 4 saturated carbocycles. The van der Waals surface area contributed by atoms with Crippen LogP contribution in [0.1, 0.15) is 68.6 Å². The summed E-state index contributed by atoms with van der Waals surface area (Å²) in [5, 5.41) is 1.12. The van der Waals surface area contributed by atoms with Gasteiger partial charge in [0.2, 0.25) is 0 Å². The van der Waals surface area contributed by atoms with Crippen LogP contribution in [0, 0.1) is 35.0 Å². The Bertz CT molecular complexity index is 1430. The van der Waals surface area contributed by atoms with Crippen LogP contribution in [-0.2, 0) is 16.1 Å². The molecule has 7 fully saturated rings. The number of nitrogens with zero attached hydrogens (tertiary/aromatic N) is 2. The first kappa shape index (κ1) is 25.7. The average molecular weight is 548 g/mol. The van der Waals surface area contributed by atoms with E-state index in [-0.39, 0.29) is 23.5 Å². The van der Waals surface area contributed by atoms with Gasteiger partial charge in [-0.2, -0.15) is 0 Å². The summed E-state index contributed by atoms with van der Waals surface area (Å²) in [7, 11) is 0. The van der Waals surface area contributed by atoms with Crippen molar-refractivity contribution in [2.45, 2.75) is 70.1 Å². The van der Waals surface area contributed by atoms with Crippen LogP contribution in [0.3, 0.4) is 0 Å². The maximum atomic E-state index is 14.6. The third-order valence-electron chi connectivity index (χ3n) is 12.1. The number of benzene rings is 2. The lowest BCUT2D eigenvalue weighted by Gasteiger charge is -2.59. The Morgan fingerprint density at radius 2 is 1.68 bits per heavy atom. The zero-order chi connectivity index (χ0) is 27.6. The SMILES string of the molecule is C=CC1C[N+]2(Cc3ccccc3)CCC1C[C@@H]2[C@@H](OC(=O)C12CC3CC(CC(C3)C1)C2)c1ccnc2ccccc12. The van der Waals surface area contributed by atoms with Gasteiger partial charge in [-0.15, -0.1) is 6.58 Å². The molecule has 3 aliphatic heterocycles. The number of hydrogen-bond acceptors (Lipinski definition) is 3. The number of carbonyl (C=O) groups is 1. The van der Waals surface area contributed by atoms with E-state index in [0.717, 1.165) is 66.3 Å². The first-order chi connectivity index (χ1) is 20.0. The summed E-state index contributed by atoms with van der Waals surface area (Å²) >= 11 is 0. The van der Waals surface area contributed by atoms with Crippen molar-refractivity contribution >= 4 is 16.9 Å². The third-order valence-corrected chi connectivity index (χ3v) is 12.1. The molecule has 41 heavy (non-hydrogen) atoms. The van der Waals surface area contributed by atoms with Crippen molar-refractivity contribution in [3.05, 3.63) is 90.6 Å². The van der Waals surface area contributed by atoms with Gasteiger partial charge in [-0.05, 0) is 74.3 Å². The highest BCUT2D eigenvalue weighted by molar-refractivity contribution is 5.83. The molecule has 0 amide bonds. The second-order valence-electron chi connectivity index (χ2n) is 14.5. The van der Waals surface area contributed by atoms with Crippen LogP contribution in [0.15, 0.2) is 79.5 Å². The molecule has 6 bridgehead atoms. The number of aromatic nitrogens is 1. The Morgan fingerprint density at radius 1 is 0.976 bits per heavy atom. The molecule has 2 aromatic carbocycles. The number of pyridine rings is 1. The van der Waals surface area contributed by atoms with Gasteiger partial charge in [0.25, 0.3) is 0 Å². The highest BCUT2D eigenvalue weighted by Crippen LogP contribution is 2.61. The van der Waals surface area contributed by atoms with E-state index in [1.807, 2.05) is 6.20 Å². The lowest BCUT2D eigenvalue weighted by molar-refractivity contribution is -0.984. The summed E-state index contributed by atoms with van der Waals surface area (Å²) in [5.41, 5.74) is 3.22. The highest BCUT2D eigenvalue weighted by atomic mass is 16.5. The van der Waals surface area contributed by atoms with Crippen LogP contribution >= 0.6 is 0 Å². The van der Waals surface area contributed by atoms with Gasteiger partial charge in [-0.3, -0.25) is 9.78 Å². The van der Waals surface area contributed by atoms with E-state index in [1.54, 1.807) is 0 Å². The molecule has 0 radical (unpaired) electrons. The molecular weight excluding hydrogens is 504 g/mol. The molecule has 10 rings (SSSR count). The van der Waals surface area contributed by atoms with Crippen LogP contribution in [-0.4, -0.2) is 34.6 Å². The fraction of sp³-hybridized carbons (Fsp3) is 0.514. The molecule has 0 spiro atoms. The number of para-hydroxylation sites is 1. The minimum absolute atomic E-state index is 0.100. The van der Waals surface area contributed by atoms with Gasteiger partial charge in [0.15, 0.2) is 6.10 Å². The van der Waals surface area contributed by atoms with Crippen molar-refractivity contribution in [1.29, 1.82) is 0 Å². The molecule has 1 aromatic heterocycles. The van der Waals surface area contributed by atoms with Crippen molar-refractivity contribution in [3.8, 4) is 0 Å². The first-order valence-corrected chi connectivity index (χ1v) is 16.1. The Hall–Kier alpha value is -2.98. The predicted molar refractivity (Wildman–Crippen MR) is 162 cm³/mol. The van der Waals surface area contributed by atoms with E-state index in [2.05, 4.69) is 73.3 Å². The lowest BCUT2D eigenvalue weighted by atomic mass is 9.49. The number of carbonyl (C=O) groups excluding carboxylic acids is 1. The molecule has 4 nitrogen and oxygen atoms in total. The number of fused-ring (bicyclic) bond motifs is 4. The fourth-order valence-electron chi connectivity index (χ4n) is 10.6. The number of ether oxygens (including phenoxy) is 1. The van der Waals surface area contributed by atoms with Crippen molar-refractivity contribution in [3.63, 3.8) is 0 Å². The molecule has 4 heteroatoms. The molecule has 3 unspecified atom stereocenters. The van der Waals surface area contributed by atoms with Crippen LogP contribution in [0.5, 0.6) is 0 Å².